The summed E-state index contributed by atoms with van der Waals surface area (Å²) in [6.45, 7) is 0.296. The van der Waals surface area contributed by atoms with Gasteiger partial charge in [-0.1, -0.05) is 6.07 Å². The van der Waals surface area contributed by atoms with Gasteiger partial charge in [-0.25, -0.2) is 4.98 Å². The summed E-state index contributed by atoms with van der Waals surface area (Å²) in [6, 6.07) is 6.42. The van der Waals surface area contributed by atoms with Gasteiger partial charge in [-0.3, -0.25) is 4.79 Å². The number of pyridine rings is 1. The lowest BCUT2D eigenvalue weighted by Crippen LogP contribution is -2.27. The van der Waals surface area contributed by atoms with Crippen molar-refractivity contribution in [1.29, 1.82) is 0 Å². The normalized spacial score (nSPS) is 11.8. The van der Waals surface area contributed by atoms with Crippen molar-refractivity contribution in [3.05, 3.63) is 70.7 Å². The van der Waals surface area contributed by atoms with Crippen molar-refractivity contribution in [2.24, 2.45) is 0 Å². The molecule has 4 aromatic rings. The maximum Gasteiger partial charge on any atom is 0.420 e. The Morgan fingerprint density at radius 2 is 2.10 bits per heavy atom. The minimum atomic E-state index is -4.54. The molecule has 0 atom stereocenters. The van der Waals surface area contributed by atoms with E-state index in [0.717, 1.165) is 10.9 Å². The molecule has 0 spiro atoms. The third kappa shape index (κ3) is 4.34. The van der Waals surface area contributed by atoms with Gasteiger partial charge in [-0.2, -0.15) is 13.2 Å². The van der Waals surface area contributed by atoms with Gasteiger partial charge in [0.05, 0.1) is 30.2 Å². The van der Waals surface area contributed by atoms with Crippen LogP contribution >= 0.6 is 11.3 Å². The molecule has 0 fully saturated rings. The van der Waals surface area contributed by atoms with Crippen molar-refractivity contribution in [3.63, 3.8) is 0 Å². The number of nitrogens with one attached hydrogen (secondary N) is 1. The number of hydrogen-bond acceptors (Lipinski definition) is 4. The smallest absolute Gasteiger partial charge is 0.420 e. The first-order valence-corrected chi connectivity index (χ1v) is 9.68. The molecule has 1 N–H and O–H groups in total. The van der Waals surface area contributed by atoms with Gasteiger partial charge in [0.25, 0.3) is 0 Å². The van der Waals surface area contributed by atoms with Gasteiger partial charge in [0.1, 0.15) is 5.65 Å². The molecule has 0 aromatic carbocycles. The molecule has 0 bridgehead atoms. The van der Waals surface area contributed by atoms with E-state index in [-0.39, 0.29) is 18.0 Å². The molecule has 1 amide bonds. The van der Waals surface area contributed by atoms with E-state index in [4.69, 9.17) is 4.42 Å². The van der Waals surface area contributed by atoms with Crippen LogP contribution < -0.4 is 5.32 Å². The molecule has 4 rings (SSSR count). The van der Waals surface area contributed by atoms with E-state index in [9.17, 15) is 18.0 Å². The summed E-state index contributed by atoms with van der Waals surface area (Å²) in [5, 5.41) is 4.67. The predicted molar refractivity (Wildman–Crippen MR) is 103 cm³/mol. The maximum atomic E-state index is 13.6. The van der Waals surface area contributed by atoms with Crippen LogP contribution in [0.1, 0.15) is 16.1 Å². The van der Waals surface area contributed by atoms with Crippen LogP contribution in [0, 0.1) is 0 Å². The van der Waals surface area contributed by atoms with E-state index < -0.39 is 11.7 Å². The fraction of sp³-hybridized carbons (Fsp3) is 0.200. The summed E-state index contributed by atoms with van der Waals surface area (Å²) >= 11 is 1.50. The second-order valence-corrected chi connectivity index (χ2v) is 7.50. The highest BCUT2D eigenvalue weighted by atomic mass is 32.1. The third-order valence-corrected chi connectivity index (χ3v) is 5.26. The number of alkyl halides is 3. The number of carbonyl (C=O) groups is 1. The number of halogens is 3. The molecular formula is C20H16F3N3O2S. The number of furan rings is 1. The van der Waals surface area contributed by atoms with Gasteiger partial charge >= 0.3 is 6.18 Å². The fourth-order valence-corrected chi connectivity index (χ4v) is 3.73. The molecule has 0 radical (unpaired) electrons. The summed E-state index contributed by atoms with van der Waals surface area (Å²) in [6.07, 6.45) is 2.01. The SMILES string of the molecule is O=C(Cc1cccs1)NCCc1cn2cc(-c3ccoc3)cc(C(F)(F)F)c2n1. The van der Waals surface area contributed by atoms with E-state index in [1.165, 1.54) is 28.3 Å². The molecular weight excluding hydrogens is 403 g/mol. The predicted octanol–water partition coefficient (Wildman–Crippen LogP) is 4.58. The van der Waals surface area contributed by atoms with Gasteiger partial charge in [-0.05, 0) is 23.6 Å². The van der Waals surface area contributed by atoms with Crippen LogP contribution in [0.25, 0.3) is 16.8 Å². The number of hydrogen-bond donors (Lipinski definition) is 1. The first kappa shape index (κ1) is 19.3. The zero-order valence-corrected chi connectivity index (χ0v) is 15.9. The molecule has 5 nitrogen and oxygen atoms in total. The lowest BCUT2D eigenvalue weighted by atomic mass is 10.1. The Kier molecular flexibility index (Phi) is 5.14. The van der Waals surface area contributed by atoms with Crippen LogP contribution in [0.15, 0.2) is 59.0 Å². The molecule has 150 valence electrons. The molecule has 0 unspecified atom stereocenters. The van der Waals surface area contributed by atoms with Crippen LogP contribution in [0.3, 0.4) is 0 Å². The average Bonchev–Trinajstić information content (AvgIpc) is 3.41. The molecule has 29 heavy (non-hydrogen) atoms. The molecule has 9 heteroatoms. The Labute approximate surface area is 167 Å². The summed E-state index contributed by atoms with van der Waals surface area (Å²) in [5.41, 5.74) is 0.422. The number of amides is 1. The van der Waals surface area contributed by atoms with Crippen LogP contribution in [0.4, 0.5) is 13.2 Å². The third-order valence-electron chi connectivity index (χ3n) is 4.38. The van der Waals surface area contributed by atoms with Crippen molar-refractivity contribution in [2.75, 3.05) is 6.54 Å². The number of carbonyl (C=O) groups excluding carboxylic acids is 1. The van der Waals surface area contributed by atoms with E-state index in [1.54, 1.807) is 18.5 Å². The Balaban J connectivity index is 1.53. The minimum Gasteiger partial charge on any atom is -0.472 e. The number of rotatable bonds is 6. The number of aromatic nitrogens is 2. The zero-order chi connectivity index (χ0) is 20.4. The summed E-state index contributed by atoms with van der Waals surface area (Å²) < 4.78 is 47.0. The maximum absolute atomic E-state index is 13.6. The van der Waals surface area contributed by atoms with E-state index in [0.29, 0.717) is 29.8 Å². The summed E-state index contributed by atoms with van der Waals surface area (Å²) in [7, 11) is 0. The first-order chi connectivity index (χ1) is 13.9. The van der Waals surface area contributed by atoms with Crippen molar-refractivity contribution < 1.29 is 22.4 Å². The minimum absolute atomic E-state index is 0.130. The highest BCUT2D eigenvalue weighted by Gasteiger charge is 2.34. The van der Waals surface area contributed by atoms with Crippen LogP contribution in [-0.2, 0) is 23.8 Å². The number of fused-ring (bicyclic) bond motifs is 1. The first-order valence-electron chi connectivity index (χ1n) is 8.80. The largest absolute Gasteiger partial charge is 0.472 e. The number of imidazole rings is 1. The summed E-state index contributed by atoms with van der Waals surface area (Å²) in [5.74, 6) is -0.130. The standard InChI is InChI=1S/C20H16F3N3O2S/c21-20(22,23)17-8-14(13-4-6-28-12-13)10-26-11-15(25-19(17)26)3-5-24-18(27)9-16-2-1-7-29-16/h1-2,4,6-8,10-12H,3,5,9H2,(H,24,27). The molecule has 4 heterocycles. The fourth-order valence-electron chi connectivity index (χ4n) is 3.03. The number of thiophene rings is 1. The van der Waals surface area contributed by atoms with Crippen molar-refractivity contribution in [2.45, 2.75) is 19.0 Å². The summed E-state index contributed by atoms with van der Waals surface area (Å²) in [4.78, 5) is 17.0. The molecule has 0 aliphatic heterocycles. The lowest BCUT2D eigenvalue weighted by molar-refractivity contribution is -0.136. The van der Waals surface area contributed by atoms with Gasteiger partial charge in [0.15, 0.2) is 0 Å². The Morgan fingerprint density at radius 1 is 1.24 bits per heavy atom. The molecule has 0 aliphatic rings. The lowest BCUT2D eigenvalue weighted by Gasteiger charge is -2.10. The highest BCUT2D eigenvalue weighted by molar-refractivity contribution is 7.10. The Morgan fingerprint density at radius 3 is 2.79 bits per heavy atom. The molecule has 4 aromatic heterocycles. The number of nitrogens with zero attached hydrogens (tertiary/aromatic N) is 2. The monoisotopic (exact) mass is 419 g/mol. The van der Waals surface area contributed by atoms with E-state index in [1.807, 2.05) is 17.5 Å². The highest BCUT2D eigenvalue weighted by Crippen LogP contribution is 2.35. The van der Waals surface area contributed by atoms with E-state index >= 15 is 0 Å². The average molecular weight is 419 g/mol. The van der Waals surface area contributed by atoms with Crippen LogP contribution in [0.5, 0.6) is 0 Å². The van der Waals surface area contributed by atoms with Crippen LogP contribution in [0.2, 0.25) is 0 Å². The molecule has 0 saturated heterocycles. The van der Waals surface area contributed by atoms with Crippen molar-refractivity contribution in [1.82, 2.24) is 14.7 Å². The molecule has 0 saturated carbocycles. The van der Waals surface area contributed by atoms with Gasteiger partial charge in [0.2, 0.25) is 5.91 Å². The second-order valence-electron chi connectivity index (χ2n) is 6.47. The van der Waals surface area contributed by atoms with E-state index in [2.05, 4.69) is 10.3 Å². The van der Waals surface area contributed by atoms with Gasteiger partial charge in [0, 0.05) is 41.4 Å². The van der Waals surface area contributed by atoms with Gasteiger partial charge in [-0.15, -0.1) is 11.3 Å². The topological polar surface area (TPSA) is 59.5 Å². The zero-order valence-electron chi connectivity index (χ0n) is 15.1. The van der Waals surface area contributed by atoms with Gasteiger partial charge < -0.3 is 14.1 Å². The Bertz CT molecular complexity index is 1120. The van der Waals surface area contributed by atoms with Crippen molar-refractivity contribution >= 4 is 22.9 Å². The quantitative estimate of drug-likeness (QED) is 0.498. The Hall–Kier alpha value is -3.07. The van der Waals surface area contributed by atoms with Crippen LogP contribution in [-0.4, -0.2) is 21.8 Å². The second kappa shape index (κ2) is 7.75. The molecule has 0 aliphatic carbocycles. The van der Waals surface area contributed by atoms with Crippen molar-refractivity contribution in [3.8, 4) is 11.1 Å².